The molecule has 0 aromatic carbocycles. The Morgan fingerprint density at radius 1 is 0.917 bits per heavy atom. The number of unbranched alkanes of at least 4 members (excludes halogenated alkanes) is 1. The molecule has 0 spiro atoms. The van der Waals surface area contributed by atoms with E-state index in [0.29, 0.717) is 13.2 Å². The molecule has 12 heavy (non-hydrogen) atoms. The van der Waals surface area contributed by atoms with Crippen molar-refractivity contribution in [3.05, 3.63) is 0 Å². The van der Waals surface area contributed by atoms with Crippen molar-refractivity contribution in [2.75, 3.05) is 19.8 Å². The molecule has 0 aliphatic rings. The van der Waals surface area contributed by atoms with E-state index in [9.17, 15) is 0 Å². The van der Waals surface area contributed by atoms with E-state index in [0.717, 1.165) is 19.4 Å². The van der Waals surface area contributed by atoms with Crippen LogP contribution in [0.3, 0.4) is 0 Å². The SMILES string of the molecule is CCCC[O][Hf]([O]CC)[O]CC. The summed E-state index contributed by atoms with van der Waals surface area (Å²) in [5.74, 6) is 0. The molecular formula is C8H19HfO3. The molecule has 0 N–H and O–H groups in total. The zero-order valence-electron chi connectivity index (χ0n) is 8.26. The number of rotatable bonds is 8. The van der Waals surface area contributed by atoms with Gasteiger partial charge in [0.15, 0.2) is 0 Å². The van der Waals surface area contributed by atoms with Gasteiger partial charge in [0.2, 0.25) is 0 Å². The van der Waals surface area contributed by atoms with Crippen molar-refractivity contribution in [3.8, 4) is 0 Å². The quantitative estimate of drug-likeness (QED) is 0.500. The number of hydrogen-bond acceptors (Lipinski definition) is 3. The van der Waals surface area contributed by atoms with E-state index in [1.54, 1.807) is 0 Å². The molecule has 0 radical (unpaired) electrons. The normalized spacial score (nSPS) is 10.2. The Bertz CT molecular complexity index is 84.4. The minimum atomic E-state index is -2.46. The van der Waals surface area contributed by atoms with Crippen LogP contribution in [-0.2, 0) is 31.3 Å². The summed E-state index contributed by atoms with van der Waals surface area (Å²) in [6.45, 7) is 8.34. The Hall–Kier alpha value is 0.750. The van der Waals surface area contributed by atoms with Gasteiger partial charge in [-0.15, -0.1) is 0 Å². The average Bonchev–Trinajstić information content (AvgIpc) is 2.06. The van der Waals surface area contributed by atoms with Crippen LogP contribution in [0.2, 0.25) is 0 Å². The first kappa shape index (κ1) is 12.8. The van der Waals surface area contributed by atoms with Crippen LogP contribution >= 0.6 is 0 Å². The van der Waals surface area contributed by atoms with Crippen LogP contribution in [0.15, 0.2) is 0 Å². The Balaban J connectivity index is 3.34. The predicted molar refractivity (Wildman–Crippen MR) is 44.1 cm³/mol. The van der Waals surface area contributed by atoms with Gasteiger partial charge in [0, 0.05) is 0 Å². The fraction of sp³-hybridized carbons (Fsp3) is 1.00. The summed E-state index contributed by atoms with van der Waals surface area (Å²) >= 11 is -2.46. The molecule has 0 amide bonds. The van der Waals surface area contributed by atoms with Crippen molar-refractivity contribution in [1.82, 2.24) is 0 Å². The summed E-state index contributed by atoms with van der Waals surface area (Å²) in [7, 11) is 0. The number of hydrogen-bond donors (Lipinski definition) is 0. The van der Waals surface area contributed by atoms with Gasteiger partial charge in [0.25, 0.3) is 0 Å². The first-order valence-electron chi connectivity index (χ1n) is 4.60. The summed E-state index contributed by atoms with van der Waals surface area (Å²) < 4.78 is 16.3. The first-order chi connectivity index (χ1) is 5.85. The maximum absolute atomic E-state index is 5.53. The molecule has 0 aliphatic carbocycles. The van der Waals surface area contributed by atoms with Gasteiger partial charge in [-0.2, -0.15) is 0 Å². The van der Waals surface area contributed by atoms with Crippen molar-refractivity contribution < 1.29 is 31.3 Å². The Kier molecular flexibility index (Phi) is 10.5. The molecule has 0 rings (SSSR count). The van der Waals surface area contributed by atoms with Crippen LogP contribution < -0.4 is 0 Å². The second-order valence-electron chi connectivity index (χ2n) is 2.32. The van der Waals surface area contributed by atoms with E-state index >= 15 is 0 Å². The Morgan fingerprint density at radius 2 is 1.50 bits per heavy atom. The monoisotopic (exact) mass is 343 g/mol. The van der Waals surface area contributed by atoms with E-state index in [1.807, 2.05) is 13.8 Å². The fourth-order valence-corrected chi connectivity index (χ4v) is 4.37. The molecule has 0 aromatic heterocycles. The van der Waals surface area contributed by atoms with Crippen LogP contribution in [0, 0.1) is 0 Å². The van der Waals surface area contributed by atoms with E-state index in [2.05, 4.69) is 6.92 Å². The Labute approximate surface area is 84.7 Å². The predicted octanol–water partition coefficient (Wildman–Crippen LogP) is 2.24. The molecule has 0 heterocycles. The van der Waals surface area contributed by atoms with Crippen LogP contribution in [0.1, 0.15) is 33.6 Å². The fourth-order valence-electron chi connectivity index (χ4n) is 0.661. The van der Waals surface area contributed by atoms with Crippen molar-refractivity contribution in [2.45, 2.75) is 33.6 Å². The van der Waals surface area contributed by atoms with Gasteiger partial charge in [-0.1, -0.05) is 0 Å². The van der Waals surface area contributed by atoms with Gasteiger partial charge >= 0.3 is 84.7 Å². The molecule has 0 aliphatic heterocycles. The van der Waals surface area contributed by atoms with E-state index in [-0.39, 0.29) is 0 Å². The molecule has 4 heteroatoms. The molecule has 0 saturated carbocycles. The first-order valence-corrected chi connectivity index (χ1v) is 9.00. The third-order valence-electron chi connectivity index (χ3n) is 1.24. The Morgan fingerprint density at radius 3 is 1.92 bits per heavy atom. The minimum absolute atomic E-state index is 0.716. The van der Waals surface area contributed by atoms with Crippen LogP contribution in [0.5, 0.6) is 0 Å². The van der Waals surface area contributed by atoms with Crippen LogP contribution in [-0.4, -0.2) is 19.8 Å². The summed E-state index contributed by atoms with van der Waals surface area (Å²) in [5.41, 5.74) is 0. The standard InChI is InChI=1S/C4H9O.2C2H5O.Hf/c1-2-3-4-5;2*1-2-3;/h2-4H2,1H3;2*2H2,1H3;/q3*-1;+3. The molecule has 0 saturated heterocycles. The van der Waals surface area contributed by atoms with Gasteiger partial charge in [-0.25, -0.2) is 0 Å². The molecule has 0 atom stereocenters. The van der Waals surface area contributed by atoms with Crippen molar-refractivity contribution in [3.63, 3.8) is 0 Å². The van der Waals surface area contributed by atoms with E-state index < -0.39 is 22.7 Å². The second kappa shape index (κ2) is 9.84. The van der Waals surface area contributed by atoms with E-state index in [1.165, 1.54) is 0 Å². The molecule has 0 aromatic rings. The van der Waals surface area contributed by atoms with Gasteiger partial charge in [0.1, 0.15) is 0 Å². The molecule has 0 fully saturated rings. The molecule has 73 valence electrons. The maximum atomic E-state index is 5.53. The molecule has 0 bridgehead atoms. The van der Waals surface area contributed by atoms with Crippen LogP contribution in [0.4, 0.5) is 0 Å². The van der Waals surface area contributed by atoms with Gasteiger partial charge in [-0.3, -0.25) is 0 Å². The summed E-state index contributed by atoms with van der Waals surface area (Å²) in [6, 6.07) is 0. The molecule has 3 nitrogen and oxygen atoms in total. The third-order valence-corrected chi connectivity index (χ3v) is 6.59. The van der Waals surface area contributed by atoms with Crippen LogP contribution in [0.25, 0.3) is 0 Å². The average molecular weight is 342 g/mol. The topological polar surface area (TPSA) is 27.7 Å². The van der Waals surface area contributed by atoms with Gasteiger partial charge in [0.05, 0.1) is 0 Å². The van der Waals surface area contributed by atoms with Crippen molar-refractivity contribution in [2.24, 2.45) is 0 Å². The zero-order chi connectivity index (χ0) is 9.23. The third kappa shape index (κ3) is 7.40. The summed E-state index contributed by atoms with van der Waals surface area (Å²) in [4.78, 5) is 0. The van der Waals surface area contributed by atoms with E-state index in [4.69, 9.17) is 8.56 Å². The van der Waals surface area contributed by atoms with Crippen molar-refractivity contribution in [1.29, 1.82) is 0 Å². The zero-order valence-corrected chi connectivity index (χ0v) is 11.9. The van der Waals surface area contributed by atoms with Crippen molar-refractivity contribution >= 4 is 0 Å². The van der Waals surface area contributed by atoms with Gasteiger partial charge in [-0.05, 0) is 0 Å². The molecular weight excluding hydrogens is 323 g/mol. The van der Waals surface area contributed by atoms with Gasteiger partial charge < -0.3 is 0 Å². The molecule has 0 unspecified atom stereocenters. The summed E-state index contributed by atoms with van der Waals surface area (Å²) in [6.07, 6.45) is 2.27. The second-order valence-corrected chi connectivity index (χ2v) is 7.23. The summed E-state index contributed by atoms with van der Waals surface area (Å²) in [5, 5.41) is 0.